The van der Waals surface area contributed by atoms with Crippen molar-refractivity contribution in [3.05, 3.63) is 20.8 Å². The Bertz CT molecular complexity index is 304. The molecular formula is C11H16BrNS. The third-order valence-electron chi connectivity index (χ3n) is 3.16. The predicted molar refractivity (Wildman–Crippen MR) is 65.7 cm³/mol. The third kappa shape index (κ3) is 2.59. The SMILES string of the molecule is CCC1(CNCc2csc(Br)c2)CC1. The van der Waals surface area contributed by atoms with Crippen molar-refractivity contribution in [2.75, 3.05) is 6.54 Å². The summed E-state index contributed by atoms with van der Waals surface area (Å²) in [6, 6.07) is 2.20. The van der Waals surface area contributed by atoms with Crippen molar-refractivity contribution in [3.63, 3.8) is 0 Å². The zero-order valence-corrected chi connectivity index (χ0v) is 10.9. The van der Waals surface area contributed by atoms with E-state index in [1.807, 2.05) is 0 Å². The van der Waals surface area contributed by atoms with Gasteiger partial charge in [-0.05, 0) is 57.6 Å². The minimum absolute atomic E-state index is 0.660. The van der Waals surface area contributed by atoms with Crippen LogP contribution in [0.5, 0.6) is 0 Å². The number of hydrogen-bond donors (Lipinski definition) is 1. The highest BCUT2D eigenvalue weighted by Gasteiger charge is 2.39. The van der Waals surface area contributed by atoms with Crippen LogP contribution in [-0.4, -0.2) is 6.54 Å². The Labute approximate surface area is 98.0 Å². The molecule has 0 saturated heterocycles. The minimum Gasteiger partial charge on any atom is -0.312 e. The van der Waals surface area contributed by atoms with Crippen LogP contribution in [0.2, 0.25) is 0 Å². The van der Waals surface area contributed by atoms with Crippen LogP contribution in [0.4, 0.5) is 0 Å². The average molecular weight is 274 g/mol. The lowest BCUT2D eigenvalue weighted by molar-refractivity contribution is 0.443. The molecule has 0 unspecified atom stereocenters. The molecule has 0 aromatic carbocycles. The summed E-state index contributed by atoms with van der Waals surface area (Å²) in [6.07, 6.45) is 4.17. The summed E-state index contributed by atoms with van der Waals surface area (Å²) in [6.45, 7) is 4.51. The van der Waals surface area contributed by atoms with Crippen LogP contribution in [0, 0.1) is 5.41 Å². The fourth-order valence-corrected chi connectivity index (χ4v) is 2.95. The summed E-state index contributed by atoms with van der Waals surface area (Å²) < 4.78 is 1.23. The molecule has 1 fully saturated rings. The van der Waals surface area contributed by atoms with Crippen molar-refractivity contribution in [3.8, 4) is 0 Å². The first-order valence-corrected chi connectivity index (χ1v) is 6.85. The van der Waals surface area contributed by atoms with Crippen molar-refractivity contribution in [1.29, 1.82) is 0 Å². The first-order valence-electron chi connectivity index (χ1n) is 5.18. The van der Waals surface area contributed by atoms with Crippen molar-refractivity contribution < 1.29 is 0 Å². The normalized spacial score (nSPS) is 18.4. The largest absolute Gasteiger partial charge is 0.312 e. The molecule has 3 heteroatoms. The molecule has 1 nitrogen and oxygen atoms in total. The summed E-state index contributed by atoms with van der Waals surface area (Å²) in [4.78, 5) is 0. The van der Waals surface area contributed by atoms with Gasteiger partial charge in [-0.1, -0.05) is 6.92 Å². The Kier molecular flexibility index (Phi) is 3.30. The molecule has 0 atom stereocenters. The van der Waals surface area contributed by atoms with Crippen molar-refractivity contribution in [1.82, 2.24) is 5.32 Å². The van der Waals surface area contributed by atoms with Gasteiger partial charge in [0, 0.05) is 13.1 Å². The number of thiophene rings is 1. The Morgan fingerprint density at radius 2 is 2.36 bits per heavy atom. The quantitative estimate of drug-likeness (QED) is 0.861. The molecule has 14 heavy (non-hydrogen) atoms. The first-order chi connectivity index (χ1) is 6.74. The molecule has 0 bridgehead atoms. The lowest BCUT2D eigenvalue weighted by Gasteiger charge is -2.12. The van der Waals surface area contributed by atoms with Gasteiger partial charge in [0.25, 0.3) is 0 Å². The van der Waals surface area contributed by atoms with E-state index in [0.29, 0.717) is 5.41 Å². The second-order valence-electron chi connectivity index (χ2n) is 4.22. The average Bonchev–Trinajstić information content (AvgIpc) is 2.84. The molecule has 1 aliphatic carbocycles. The van der Waals surface area contributed by atoms with E-state index in [1.54, 1.807) is 11.3 Å². The van der Waals surface area contributed by atoms with Crippen LogP contribution in [0.15, 0.2) is 15.2 Å². The zero-order chi connectivity index (χ0) is 10.0. The highest BCUT2D eigenvalue weighted by atomic mass is 79.9. The van der Waals surface area contributed by atoms with E-state index in [4.69, 9.17) is 0 Å². The molecule has 0 aliphatic heterocycles. The van der Waals surface area contributed by atoms with Gasteiger partial charge in [-0.25, -0.2) is 0 Å². The molecule has 1 aromatic heterocycles. The number of hydrogen-bond acceptors (Lipinski definition) is 2. The van der Waals surface area contributed by atoms with Gasteiger partial charge >= 0.3 is 0 Å². The Morgan fingerprint density at radius 1 is 1.57 bits per heavy atom. The first kappa shape index (κ1) is 10.7. The van der Waals surface area contributed by atoms with Crippen LogP contribution < -0.4 is 5.32 Å². The van der Waals surface area contributed by atoms with E-state index in [2.05, 4.69) is 39.6 Å². The smallest absolute Gasteiger partial charge is 0.0701 e. The monoisotopic (exact) mass is 273 g/mol. The molecular weight excluding hydrogens is 258 g/mol. The summed E-state index contributed by atoms with van der Waals surface area (Å²) in [7, 11) is 0. The van der Waals surface area contributed by atoms with Gasteiger partial charge in [-0.3, -0.25) is 0 Å². The van der Waals surface area contributed by atoms with E-state index < -0.39 is 0 Å². The van der Waals surface area contributed by atoms with Gasteiger partial charge in [0.05, 0.1) is 3.79 Å². The molecule has 1 N–H and O–H groups in total. The molecule has 0 amide bonds. The maximum atomic E-state index is 3.55. The van der Waals surface area contributed by atoms with E-state index in [1.165, 1.54) is 35.2 Å². The van der Waals surface area contributed by atoms with Gasteiger partial charge in [-0.15, -0.1) is 11.3 Å². The summed E-state index contributed by atoms with van der Waals surface area (Å²) in [5.41, 5.74) is 2.06. The number of halogens is 1. The van der Waals surface area contributed by atoms with Crippen LogP contribution in [-0.2, 0) is 6.54 Å². The van der Waals surface area contributed by atoms with Gasteiger partial charge in [0.1, 0.15) is 0 Å². The van der Waals surface area contributed by atoms with Gasteiger partial charge in [0.2, 0.25) is 0 Å². The van der Waals surface area contributed by atoms with E-state index >= 15 is 0 Å². The molecule has 0 spiro atoms. The number of nitrogens with one attached hydrogen (secondary N) is 1. The second kappa shape index (κ2) is 4.33. The lowest BCUT2D eigenvalue weighted by Crippen LogP contribution is -2.22. The topological polar surface area (TPSA) is 12.0 Å². The maximum Gasteiger partial charge on any atom is 0.0701 e. The lowest BCUT2D eigenvalue weighted by atomic mass is 10.0. The van der Waals surface area contributed by atoms with Crippen LogP contribution in [0.25, 0.3) is 0 Å². The van der Waals surface area contributed by atoms with E-state index in [-0.39, 0.29) is 0 Å². The van der Waals surface area contributed by atoms with Gasteiger partial charge < -0.3 is 5.32 Å². The number of rotatable bonds is 5. The molecule has 1 aromatic rings. The molecule has 2 rings (SSSR count). The summed E-state index contributed by atoms with van der Waals surface area (Å²) in [5.74, 6) is 0. The second-order valence-corrected chi connectivity index (χ2v) is 6.51. The van der Waals surface area contributed by atoms with Gasteiger partial charge in [-0.2, -0.15) is 0 Å². The highest BCUT2D eigenvalue weighted by Crippen LogP contribution is 2.47. The van der Waals surface area contributed by atoms with Crippen LogP contribution in [0.3, 0.4) is 0 Å². The highest BCUT2D eigenvalue weighted by molar-refractivity contribution is 9.11. The standard InChI is InChI=1S/C11H16BrNS/c1-2-11(3-4-11)8-13-6-9-5-10(12)14-7-9/h5,7,13H,2-4,6,8H2,1H3. The minimum atomic E-state index is 0.660. The zero-order valence-electron chi connectivity index (χ0n) is 8.48. The van der Waals surface area contributed by atoms with E-state index in [0.717, 1.165) is 6.54 Å². The summed E-state index contributed by atoms with van der Waals surface area (Å²) >= 11 is 5.24. The van der Waals surface area contributed by atoms with E-state index in [9.17, 15) is 0 Å². The van der Waals surface area contributed by atoms with Crippen LogP contribution in [0.1, 0.15) is 31.7 Å². The Morgan fingerprint density at radius 3 is 2.86 bits per heavy atom. The van der Waals surface area contributed by atoms with Crippen LogP contribution >= 0.6 is 27.3 Å². The van der Waals surface area contributed by atoms with Crippen molar-refractivity contribution >= 4 is 27.3 Å². The van der Waals surface area contributed by atoms with Crippen molar-refractivity contribution in [2.45, 2.75) is 32.7 Å². The molecule has 1 saturated carbocycles. The molecule has 0 radical (unpaired) electrons. The van der Waals surface area contributed by atoms with Gasteiger partial charge in [0.15, 0.2) is 0 Å². The molecule has 1 heterocycles. The molecule has 78 valence electrons. The predicted octanol–water partition coefficient (Wildman–Crippen LogP) is 3.79. The van der Waals surface area contributed by atoms with Crippen molar-refractivity contribution in [2.24, 2.45) is 5.41 Å². The maximum absolute atomic E-state index is 3.55. The Hall–Kier alpha value is 0.140. The Balaban J connectivity index is 1.73. The fraction of sp³-hybridized carbons (Fsp3) is 0.636. The third-order valence-corrected chi connectivity index (χ3v) is 4.71. The summed E-state index contributed by atoms with van der Waals surface area (Å²) in [5, 5.41) is 5.77. The molecule has 1 aliphatic rings. The fourth-order valence-electron chi connectivity index (χ4n) is 1.74.